The monoisotopic (exact) mass is 212 g/mol. The highest BCUT2D eigenvalue weighted by Gasteiger charge is 2.25. The van der Waals surface area contributed by atoms with Crippen molar-refractivity contribution in [1.29, 1.82) is 0 Å². The first-order chi connectivity index (χ1) is 6.83. The minimum absolute atomic E-state index is 0.175. The molecule has 1 aromatic rings. The van der Waals surface area contributed by atoms with E-state index in [1.165, 1.54) is 12.8 Å². The summed E-state index contributed by atoms with van der Waals surface area (Å²) in [6.07, 6.45) is 9.37. The van der Waals surface area contributed by atoms with Gasteiger partial charge in [0.05, 0.1) is 0 Å². The average Bonchev–Trinajstić information content (AvgIpc) is 2.95. The van der Waals surface area contributed by atoms with Gasteiger partial charge in [0.2, 0.25) is 0 Å². The van der Waals surface area contributed by atoms with Gasteiger partial charge in [-0.05, 0) is 31.3 Å². The molecule has 0 spiro atoms. The van der Waals surface area contributed by atoms with E-state index in [0.717, 1.165) is 18.7 Å². The molecule has 3 nitrogen and oxygen atoms in total. The molecule has 0 bridgehead atoms. The third kappa shape index (κ3) is 2.05. The van der Waals surface area contributed by atoms with Crippen molar-refractivity contribution in [3.8, 4) is 0 Å². The molecule has 0 atom stereocenters. The largest absolute Gasteiger partial charge is 0.328 e. The van der Waals surface area contributed by atoms with Gasteiger partial charge in [0, 0.05) is 25.0 Å². The summed E-state index contributed by atoms with van der Waals surface area (Å²) in [5, 5.41) is 0. The van der Waals surface area contributed by atoms with Crippen LogP contribution in [0.25, 0.3) is 0 Å². The van der Waals surface area contributed by atoms with Crippen LogP contribution in [0.4, 0.5) is 0 Å². The Hall–Kier alpha value is -0.640. The lowest BCUT2D eigenvalue weighted by molar-refractivity contribution is 0.613. The summed E-state index contributed by atoms with van der Waals surface area (Å²) in [5.74, 6) is 1.13. The minimum Gasteiger partial charge on any atom is -0.299 e. The molecule has 0 N–H and O–H groups in total. The molecule has 1 heterocycles. The number of thioether (sulfide) groups is 1. The van der Waals surface area contributed by atoms with Crippen molar-refractivity contribution in [3.63, 3.8) is 0 Å². The first-order valence-electron chi connectivity index (χ1n) is 5.09. The van der Waals surface area contributed by atoms with Crippen LogP contribution in [0.5, 0.6) is 0 Å². The third-order valence-electron chi connectivity index (χ3n) is 2.56. The fraction of sp³-hybridized carbons (Fsp3) is 0.700. The van der Waals surface area contributed by atoms with Crippen molar-refractivity contribution in [2.45, 2.75) is 31.8 Å². The molecule has 1 aliphatic carbocycles. The van der Waals surface area contributed by atoms with Crippen molar-refractivity contribution in [2.24, 2.45) is 0 Å². The van der Waals surface area contributed by atoms with E-state index in [1.807, 2.05) is 33.3 Å². The Labute approximate surface area is 88.1 Å². The van der Waals surface area contributed by atoms with Crippen LogP contribution in [0.1, 0.15) is 25.3 Å². The Morgan fingerprint density at radius 3 is 2.93 bits per heavy atom. The zero-order chi connectivity index (χ0) is 9.97. The van der Waals surface area contributed by atoms with Crippen LogP contribution >= 0.6 is 11.8 Å². The fourth-order valence-electron chi connectivity index (χ4n) is 1.61. The number of aromatic nitrogens is 2. The van der Waals surface area contributed by atoms with Crippen molar-refractivity contribution in [1.82, 2.24) is 9.13 Å². The number of aryl methyl sites for hydroxylation is 1. The maximum Gasteiger partial charge on any atom is 0.328 e. The van der Waals surface area contributed by atoms with Crippen LogP contribution in [0.3, 0.4) is 0 Å². The van der Waals surface area contributed by atoms with Crippen molar-refractivity contribution in [2.75, 3.05) is 12.0 Å². The number of imidazole rings is 1. The van der Waals surface area contributed by atoms with Crippen LogP contribution in [0.2, 0.25) is 0 Å². The normalized spacial score (nSPS) is 16.1. The molecule has 4 heteroatoms. The minimum atomic E-state index is 0.175. The second-order valence-corrected chi connectivity index (χ2v) is 4.74. The van der Waals surface area contributed by atoms with Gasteiger partial charge in [-0.3, -0.25) is 9.13 Å². The summed E-state index contributed by atoms with van der Waals surface area (Å²) in [5.41, 5.74) is 0.175. The van der Waals surface area contributed by atoms with E-state index in [1.54, 1.807) is 0 Å². The van der Waals surface area contributed by atoms with Crippen LogP contribution in [-0.2, 0) is 6.54 Å². The van der Waals surface area contributed by atoms with Crippen LogP contribution in [0, 0.1) is 0 Å². The molecule has 0 aliphatic heterocycles. The highest BCUT2D eigenvalue weighted by molar-refractivity contribution is 7.98. The molecular formula is C10H16N2OS. The predicted octanol–water partition coefficient (Wildman–Crippen LogP) is 1.74. The van der Waals surface area contributed by atoms with Gasteiger partial charge >= 0.3 is 5.69 Å². The molecule has 0 saturated heterocycles. The summed E-state index contributed by atoms with van der Waals surface area (Å²) >= 11 is 1.83. The zero-order valence-corrected chi connectivity index (χ0v) is 9.30. The number of hydrogen-bond donors (Lipinski definition) is 0. The smallest absolute Gasteiger partial charge is 0.299 e. The molecule has 0 unspecified atom stereocenters. The third-order valence-corrected chi connectivity index (χ3v) is 3.26. The lowest BCUT2D eigenvalue weighted by Gasteiger charge is -2.00. The standard InChI is InChI=1S/C10H16N2OS/c1-14-8-2-5-11-6-7-12(10(11)13)9-3-4-9/h6-7,9H,2-5,8H2,1H3. The van der Waals surface area contributed by atoms with Crippen LogP contribution in [-0.4, -0.2) is 21.1 Å². The molecule has 1 saturated carbocycles. The van der Waals surface area contributed by atoms with E-state index in [9.17, 15) is 4.79 Å². The molecule has 14 heavy (non-hydrogen) atoms. The summed E-state index contributed by atoms with van der Waals surface area (Å²) in [7, 11) is 0. The number of nitrogens with zero attached hydrogens (tertiary/aromatic N) is 2. The van der Waals surface area contributed by atoms with E-state index in [-0.39, 0.29) is 5.69 Å². The van der Waals surface area contributed by atoms with E-state index < -0.39 is 0 Å². The van der Waals surface area contributed by atoms with E-state index >= 15 is 0 Å². The molecule has 1 aromatic heterocycles. The van der Waals surface area contributed by atoms with Crippen LogP contribution < -0.4 is 5.69 Å². The Balaban J connectivity index is 2.00. The van der Waals surface area contributed by atoms with Gasteiger partial charge in [-0.25, -0.2) is 4.79 Å². The molecular weight excluding hydrogens is 196 g/mol. The number of rotatable bonds is 5. The predicted molar refractivity (Wildman–Crippen MR) is 60.0 cm³/mol. The second kappa shape index (κ2) is 4.26. The molecule has 2 rings (SSSR count). The maximum atomic E-state index is 11.8. The molecule has 0 radical (unpaired) electrons. The number of hydrogen-bond acceptors (Lipinski definition) is 2. The van der Waals surface area contributed by atoms with Crippen molar-refractivity contribution < 1.29 is 0 Å². The highest BCUT2D eigenvalue weighted by atomic mass is 32.2. The van der Waals surface area contributed by atoms with E-state index in [4.69, 9.17) is 0 Å². The van der Waals surface area contributed by atoms with Gasteiger partial charge in [-0.15, -0.1) is 0 Å². The highest BCUT2D eigenvalue weighted by Crippen LogP contribution is 2.33. The van der Waals surface area contributed by atoms with Gasteiger partial charge in [0.15, 0.2) is 0 Å². The van der Waals surface area contributed by atoms with Crippen molar-refractivity contribution in [3.05, 3.63) is 22.9 Å². The van der Waals surface area contributed by atoms with Gasteiger partial charge < -0.3 is 0 Å². The topological polar surface area (TPSA) is 26.9 Å². The van der Waals surface area contributed by atoms with E-state index in [0.29, 0.717) is 6.04 Å². The Morgan fingerprint density at radius 1 is 1.50 bits per heavy atom. The SMILES string of the molecule is CSCCCn1ccn(C2CC2)c1=O. The molecule has 1 aliphatic rings. The lowest BCUT2D eigenvalue weighted by atomic mass is 10.5. The molecule has 0 aromatic carbocycles. The molecule has 78 valence electrons. The van der Waals surface area contributed by atoms with Gasteiger partial charge in [0.1, 0.15) is 0 Å². The average molecular weight is 212 g/mol. The Bertz CT molecular complexity index is 351. The van der Waals surface area contributed by atoms with E-state index in [2.05, 4.69) is 6.26 Å². The van der Waals surface area contributed by atoms with Gasteiger partial charge in [-0.1, -0.05) is 0 Å². The maximum absolute atomic E-state index is 11.8. The molecule has 0 amide bonds. The Morgan fingerprint density at radius 2 is 2.29 bits per heavy atom. The first-order valence-corrected chi connectivity index (χ1v) is 6.48. The summed E-state index contributed by atoms with van der Waals surface area (Å²) in [6.45, 7) is 0.861. The van der Waals surface area contributed by atoms with Crippen LogP contribution in [0.15, 0.2) is 17.2 Å². The summed E-state index contributed by atoms with van der Waals surface area (Å²) < 4.78 is 3.70. The van der Waals surface area contributed by atoms with Gasteiger partial charge in [0.25, 0.3) is 0 Å². The van der Waals surface area contributed by atoms with Crippen molar-refractivity contribution >= 4 is 11.8 Å². The zero-order valence-electron chi connectivity index (χ0n) is 8.48. The lowest BCUT2D eigenvalue weighted by Crippen LogP contribution is -2.23. The molecule has 1 fully saturated rings. The first kappa shape index (κ1) is 9.90. The second-order valence-electron chi connectivity index (χ2n) is 3.76. The quantitative estimate of drug-likeness (QED) is 0.695. The summed E-state index contributed by atoms with van der Waals surface area (Å²) in [4.78, 5) is 11.8. The Kier molecular flexibility index (Phi) is 3.01. The summed E-state index contributed by atoms with van der Waals surface area (Å²) in [6, 6.07) is 0.504. The fourth-order valence-corrected chi connectivity index (χ4v) is 2.03. The van der Waals surface area contributed by atoms with Gasteiger partial charge in [-0.2, -0.15) is 11.8 Å².